The van der Waals surface area contributed by atoms with E-state index < -0.39 is 5.41 Å². The van der Waals surface area contributed by atoms with E-state index in [0.717, 1.165) is 13.0 Å². The number of halogens is 1. The summed E-state index contributed by atoms with van der Waals surface area (Å²) in [6.45, 7) is 9.15. The summed E-state index contributed by atoms with van der Waals surface area (Å²) in [6.07, 6.45) is 0.968. The van der Waals surface area contributed by atoms with Gasteiger partial charge in [-0.05, 0) is 25.8 Å². The molecule has 7 heteroatoms. The summed E-state index contributed by atoms with van der Waals surface area (Å²) < 4.78 is 0. The van der Waals surface area contributed by atoms with E-state index in [1.165, 1.54) is 0 Å². The van der Waals surface area contributed by atoms with Crippen molar-refractivity contribution in [2.75, 3.05) is 24.7 Å². The average Bonchev–Trinajstić information content (AvgIpc) is 3.02. The molecule has 3 atom stereocenters. The molecule has 22 heavy (non-hydrogen) atoms. The van der Waals surface area contributed by atoms with E-state index in [9.17, 15) is 9.59 Å². The molecule has 2 heterocycles. The molecule has 128 valence electrons. The molecule has 0 aromatic rings. The first-order valence-electron chi connectivity index (χ1n) is 7.65. The molecule has 0 bridgehead atoms. The third-order valence-electron chi connectivity index (χ3n) is 4.35. The number of carbonyl (C=O) groups is 2. The fourth-order valence-electron chi connectivity index (χ4n) is 3.09. The van der Waals surface area contributed by atoms with Gasteiger partial charge in [-0.3, -0.25) is 9.59 Å². The van der Waals surface area contributed by atoms with Gasteiger partial charge in [0.1, 0.15) is 6.04 Å². The topological polar surface area (TPSA) is 66.6 Å². The van der Waals surface area contributed by atoms with Gasteiger partial charge in [0.05, 0.1) is 5.88 Å². The fraction of sp³-hybridized carbons (Fsp3) is 0.867. The van der Waals surface area contributed by atoms with E-state index in [1.807, 2.05) is 25.7 Å². The highest BCUT2D eigenvalue weighted by Crippen LogP contribution is 2.31. The van der Waals surface area contributed by atoms with Gasteiger partial charge in [0, 0.05) is 23.8 Å². The normalized spacial score (nSPS) is 28.7. The Hall–Kier alpha value is -0.460. The highest BCUT2D eigenvalue weighted by molar-refractivity contribution is 7.99. The summed E-state index contributed by atoms with van der Waals surface area (Å²) in [4.78, 5) is 29.0. The van der Waals surface area contributed by atoms with Crippen LogP contribution in [-0.4, -0.2) is 58.4 Å². The maximum Gasteiger partial charge on any atom is 0.246 e. The molecule has 0 saturated carbocycles. The predicted octanol–water partition coefficient (Wildman–Crippen LogP) is 1.55. The molecule has 2 amide bonds. The number of nitrogens with zero attached hydrogens (tertiary/aromatic N) is 2. The lowest BCUT2D eigenvalue weighted by Crippen LogP contribution is -2.52. The number of hydrogen-bond donors (Lipinski definition) is 1. The number of amides is 2. The van der Waals surface area contributed by atoms with Gasteiger partial charge in [0.25, 0.3) is 0 Å². The van der Waals surface area contributed by atoms with E-state index in [1.54, 1.807) is 16.7 Å². The summed E-state index contributed by atoms with van der Waals surface area (Å²) in [5.41, 5.74) is 5.29. The minimum absolute atomic E-state index is 0. The summed E-state index contributed by atoms with van der Waals surface area (Å²) in [6, 6.07) is -0.0797. The SMILES string of the molecule is CC1CC(CN)CN1C(=O)C1CSCN1C(=O)C(C)(C)C.Cl. The minimum Gasteiger partial charge on any atom is -0.338 e. The standard InChI is InChI=1S/C15H27N3O2S.ClH/c1-10-5-11(6-16)7-17(10)13(19)12-8-21-9-18(12)14(20)15(2,3)4;/h10-12H,5-9,16H2,1-4H3;1H. The Morgan fingerprint density at radius 1 is 1.27 bits per heavy atom. The molecule has 0 aliphatic carbocycles. The Morgan fingerprint density at radius 3 is 2.41 bits per heavy atom. The van der Waals surface area contributed by atoms with Crippen molar-refractivity contribution in [2.24, 2.45) is 17.1 Å². The lowest BCUT2D eigenvalue weighted by atomic mass is 9.94. The third kappa shape index (κ3) is 3.89. The highest BCUT2D eigenvalue weighted by atomic mass is 35.5. The molecule has 2 aliphatic rings. The van der Waals surface area contributed by atoms with Crippen LogP contribution in [0.3, 0.4) is 0 Å². The fourth-order valence-corrected chi connectivity index (χ4v) is 4.23. The van der Waals surface area contributed by atoms with Crippen molar-refractivity contribution in [3.8, 4) is 0 Å². The van der Waals surface area contributed by atoms with Crippen molar-refractivity contribution in [3.05, 3.63) is 0 Å². The maximum absolute atomic E-state index is 12.8. The molecule has 3 unspecified atom stereocenters. The zero-order valence-electron chi connectivity index (χ0n) is 13.9. The van der Waals surface area contributed by atoms with Crippen molar-refractivity contribution < 1.29 is 9.59 Å². The first-order chi connectivity index (χ1) is 9.75. The Bertz CT molecular complexity index is 428. The van der Waals surface area contributed by atoms with Crippen LogP contribution in [0.25, 0.3) is 0 Å². The lowest BCUT2D eigenvalue weighted by molar-refractivity contribution is -0.148. The summed E-state index contributed by atoms with van der Waals surface area (Å²) in [5.74, 6) is 1.88. The molecule has 2 N–H and O–H groups in total. The third-order valence-corrected chi connectivity index (χ3v) is 5.36. The second-order valence-electron chi connectivity index (χ2n) is 7.22. The zero-order chi connectivity index (χ0) is 15.8. The van der Waals surface area contributed by atoms with Crippen LogP contribution in [0.2, 0.25) is 0 Å². The van der Waals surface area contributed by atoms with Gasteiger partial charge in [-0.15, -0.1) is 24.2 Å². The molecule has 0 radical (unpaired) electrons. The van der Waals surface area contributed by atoms with Crippen LogP contribution >= 0.6 is 24.2 Å². The monoisotopic (exact) mass is 349 g/mol. The average molecular weight is 350 g/mol. The van der Waals surface area contributed by atoms with Gasteiger partial charge in [0.2, 0.25) is 11.8 Å². The Balaban J connectivity index is 0.00000242. The van der Waals surface area contributed by atoms with Crippen LogP contribution < -0.4 is 5.73 Å². The largest absolute Gasteiger partial charge is 0.338 e. The van der Waals surface area contributed by atoms with Crippen LogP contribution in [0.4, 0.5) is 0 Å². The zero-order valence-corrected chi connectivity index (χ0v) is 15.5. The van der Waals surface area contributed by atoms with Crippen molar-refractivity contribution in [3.63, 3.8) is 0 Å². The smallest absolute Gasteiger partial charge is 0.246 e. The molecule has 2 rings (SSSR count). The number of carbonyl (C=O) groups excluding carboxylic acids is 2. The Labute approximate surface area is 143 Å². The van der Waals surface area contributed by atoms with Crippen molar-refractivity contribution in [2.45, 2.75) is 46.2 Å². The second-order valence-corrected chi connectivity index (χ2v) is 8.22. The van der Waals surface area contributed by atoms with Crippen LogP contribution in [0.15, 0.2) is 0 Å². The number of nitrogens with two attached hydrogens (primary N) is 1. The number of rotatable bonds is 2. The van der Waals surface area contributed by atoms with Crippen LogP contribution in [0.5, 0.6) is 0 Å². The molecule has 2 aliphatic heterocycles. The molecular formula is C15H28ClN3O2S. The maximum atomic E-state index is 12.8. The first-order valence-corrected chi connectivity index (χ1v) is 8.80. The van der Waals surface area contributed by atoms with Crippen LogP contribution in [-0.2, 0) is 9.59 Å². The molecule has 0 aromatic carbocycles. The van der Waals surface area contributed by atoms with Crippen molar-refractivity contribution in [1.82, 2.24) is 9.80 Å². The number of thioether (sulfide) groups is 1. The van der Waals surface area contributed by atoms with E-state index in [0.29, 0.717) is 24.1 Å². The Morgan fingerprint density at radius 2 is 1.91 bits per heavy atom. The van der Waals surface area contributed by atoms with E-state index >= 15 is 0 Å². The molecule has 2 saturated heterocycles. The van der Waals surface area contributed by atoms with Gasteiger partial charge in [-0.25, -0.2) is 0 Å². The molecule has 5 nitrogen and oxygen atoms in total. The Kier molecular flexibility index (Phi) is 6.59. The number of hydrogen-bond acceptors (Lipinski definition) is 4. The minimum atomic E-state index is -0.445. The van der Waals surface area contributed by atoms with E-state index in [2.05, 4.69) is 6.92 Å². The van der Waals surface area contributed by atoms with E-state index in [-0.39, 0.29) is 36.3 Å². The second kappa shape index (κ2) is 7.41. The molecule has 0 spiro atoms. The van der Waals surface area contributed by atoms with Gasteiger partial charge in [0.15, 0.2) is 0 Å². The summed E-state index contributed by atoms with van der Waals surface area (Å²) >= 11 is 1.66. The van der Waals surface area contributed by atoms with E-state index in [4.69, 9.17) is 5.73 Å². The number of likely N-dealkylation sites (tertiary alicyclic amines) is 1. The quantitative estimate of drug-likeness (QED) is 0.821. The summed E-state index contributed by atoms with van der Waals surface area (Å²) in [7, 11) is 0. The van der Waals surface area contributed by atoms with Crippen LogP contribution in [0, 0.1) is 11.3 Å². The van der Waals surface area contributed by atoms with Gasteiger partial charge in [-0.2, -0.15) is 0 Å². The van der Waals surface area contributed by atoms with Crippen molar-refractivity contribution in [1.29, 1.82) is 0 Å². The van der Waals surface area contributed by atoms with Gasteiger partial charge in [-0.1, -0.05) is 20.8 Å². The first kappa shape index (κ1) is 19.6. The highest BCUT2D eigenvalue weighted by Gasteiger charge is 2.43. The van der Waals surface area contributed by atoms with Crippen molar-refractivity contribution >= 4 is 36.0 Å². The van der Waals surface area contributed by atoms with Gasteiger partial charge < -0.3 is 15.5 Å². The lowest BCUT2D eigenvalue weighted by Gasteiger charge is -2.33. The van der Waals surface area contributed by atoms with Gasteiger partial charge >= 0.3 is 0 Å². The molecule has 0 aromatic heterocycles. The predicted molar refractivity (Wildman–Crippen MR) is 93.0 cm³/mol. The molecular weight excluding hydrogens is 322 g/mol. The van der Waals surface area contributed by atoms with Crippen LogP contribution in [0.1, 0.15) is 34.1 Å². The summed E-state index contributed by atoms with van der Waals surface area (Å²) in [5, 5.41) is 0. The molecule has 2 fully saturated rings.